The average molecular weight is 175 g/mol. The van der Waals surface area contributed by atoms with Gasteiger partial charge in [-0.2, -0.15) is 0 Å². The molecule has 1 amide bonds. The molecule has 4 heteroatoms. The lowest BCUT2D eigenvalue weighted by molar-refractivity contribution is -0.121. The van der Waals surface area contributed by atoms with Crippen molar-refractivity contribution in [3.63, 3.8) is 0 Å². The van der Waals surface area contributed by atoms with Gasteiger partial charge in [0.2, 0.25) is 5.91 Å². The first-order valence-corrected chi connectivity index (χ1v) is 4.08. The molecule has 0 heterocycles. The van der Waals surface area contributed by atoms with Gasteiger partial charge in [0.1, 0.15) is 0 Å². The van der Waals surface area contributed by atoms with Gasteiger partial charge in [-0.25, -0.2) is 0 Å². The Morgan fingerprint density at radius 1 is 1.33 bits per heavy atom. The van der Waals surface area contributed by atoms with Crippen molar-refractivity contribution < 1.29 is 14.3 Å². The number of amides is 1. The largest absolute Gasteiger partial charge is 0.385 e. The predicted molar refractivity (Wildman–Crippen MR) is 46.0 cm³/mol. The molecule has 0 saturated heterocycles. The summed E-state index contributed by atoms with van der Waals surface area (Å²) >= 11 is 0. The normalized spacial score (nSPS) is 9.83. The van der Waals surface area contributed by atoms with Crippen molar-refractivity contribution in [3.05, 3.63) is 0 Å². The van der Waals surface area contributed by atoms with Crippen LogP contribution in [0, 0.1) is 0 Å². The first-order valence-electron chi connectivity index (χ1n) is 4.08. The second-order valence-electron chi connectivity index (χ2n) is 2.38. The predicted octanol–water partition coefficient (Wildman–Crippen LogP) is 0.176. The first-order chi connectivity index (χ1) is 5.81. The highest BCUT2D eigenvalue weighted by molar-refractivity contribution is 5.75. The molecule has 0 saturated carbocycles. The maximum absolute atomic E-state index is 10.7. The third-order valence-corrected chi connectivity index (χ3v) is 1.39. The van der Waals surface area contributed by atoms with E-state index in [1.807, 2.05) is 0 Å². The fraction of sp³-hybridized carbons (Fsp3) is 0.875. The molecule has 0 fully saturated rings. The van der Waals surface area contributed by atoms with Crippen LogP contribution < -0.4 is 5.32 Å². The molecule has 0 aromatic heterocycles. The van der Waals surface area contributed by atoms with Gasteiger partial charge in [-0.05, 0) is 6.42 Å². The lowest BCUT2D eigenvalue weighted by Gasteiger charge is -2.02. The fourth-order valence-corrected chi connectivity index (χ4v) is 0.697. The van der Waals surface area contributed by atoms with Gasteiger partial charge < -0.3 is 14.8 Å². The summed E-state index contributed by atoms with van der Waals surface area (Å²) in [5.74, 6) is 0.0155. The molecular weight excluding hydrogens is 158 g/mol. The van der Waals surface area contributed by atoms with Crippen LogP contribution in [0.5, 0.6) is 0 Å². The van der Waals surface area contributed by atoms with E-state index in [1.54, 1.807) is 14.2 Å². The van der Waals surface area contributed by atoms with E-state index in [0.717, 1.165) is 6.42 Å². The molecule has 0 rings (SSSR count). The minimum Gasteiger partial charge on any atom is -0.385 e. The molecule has 1 N–H and O–H groups in total. The molecule has 0 atom stereocenters. The molecule has 72 valence electrons. The van der Waals surface area contributed by atoms with Crippen molar-refractivity contribution in [2.45, 2.75) is 12.8 Å². The first kappa shape index (κ1) is 11.4. The van der Waals surface area contributed by atoms with E-state index in [1.165, 1.54) is 0 Å². The Labute approximate surface area is 73.2 Å². The molecular formula is C8H17NO3. The third-order valence-electron chi connectivity index (χ3n) is 1.39. The number of rotatable bonds is 7. The summed E-state index contributed by atoms with van der Waals surface area (Å²) < 4.78 is 10.00. The van der Waals surface area contributed by atoms with Gasteiger partial charge in [-0.1, -0.05) is 0 Å². The maximum Gasteiger partial charge on any atom is 0.222 e. The van der Waals surface area contributed by atoms with E-state index in [-0.39, 0.29) is 5.91 Å². The SMILES string of the molecule is CNC(=O)CCOCCCOC. The van der Waals surface area contributed by atoms with Gasteiger partial charge in [0.05, 0.1) is 6.61 Å². The van der Waals surface area contributed by atoms with Gasteiger partial charge in [0, 0.05) is 33.8 Å². The number of carbonyl (C=O) groups excluding carboxylic acids is 1. The standard InChI is InChI=1S/C8H17NO3/c1-9-8(10)4-7-12-6-3-5-11-2/h3-7H2,1-2H3,(H,9,10). The highest BCUT2D eigenvalue weighted by Gasteiger charge is 1.96. The highest BCUT2D eigenvalue weighted by Crippen LogP contribution is 1.86. The minimum atomic E-state index is 0.0155. The smallest absolute Gasteiger partial charge is 0.222 e. The highest BCUT2D eigenvalue weighted by atomic mass is 16.5. The van der Waals surface area contributed by atoms with E-state index >= 15 is 0 Å². The summed E-state index contributed by atoms with van der Waals surface area (Å²) in [5.41, 5.74) is 0. The molecule has 0 unspecified atom stereocenters. The number of hydrogen-bond donors (Lipinski definition) is 1. The number of methoxy groups -OCH3 is 1. The van der Waals surface area contributed by atoms with Gasteiger partial charge in [0.25, 0.3) is 0 Å². The number of ether oxygens (including phenoxy) is 2. The Morgan fingerprint density at radius 2 is 2.08 bits per heavy atom. The molecule has 0 aromatic carbocycles. The van der Waals surface area contributed by atoms with Crippen LogP contribution in [0.1, 0.15) is 12.8 Å². The van der Waals surface area contributed by atoms with E-state index in [9.17, 15) is 4.79 Å². The summed E-state index contributed by atoms with van der Waals surface area (Å²) in [7, 11) is 3.28. The minimum absolute atomic E-state index is 0.0155. The van der Waals surface area contributed by atoms with Crippen LogP contribution >= 0.6 is 0 Å². The zero-order chi connectivity index (χ0) is 9.23. The fourth-order valence-electron chi connectivity index (χ4n) is 0.697. The average Bonchev–Trinajstić information content (AvgIpc) is 2.10. The van der Waals surface area contributed by atoms with Crippen LogP contribution in [0.4, 0.5) is 0 Å². The van der Waals surface area contributed by atoms with Crippen molar-refractivity contribution >= 4 is 5.91 Å². The van der Waals surface area contributed by atoms with Gasteiger partial charge in [0.15, 0.2) is 0 Å². The zero-order valence-electron chi connectivity index (χ0n) is 7.76. The molecule has 0 aliphatic rings. The van der Waals surface area contributed by atoms with Crippen LogP contribution in [0.25, 0.3) is 0 Å². The molecule has 0 radical (unpaired) electrons. The van der Waals surface area contributed by atoms with Crippen molar-refractivity contribution in [2.75, 3.05) is 34.0 Å². The van der Waals surface area contributed by atoms with E-state index < -0.39 is 0 Å². The summed E-state index contributed by atoms with van der Waals surface area (Å²) in [6, 6.07) is 0. The summed E-state index contributed by atoms with van der Waals surface area (Å²) in [6.45, 7) is 1.86. The Bertz CT molecular complexity index is 117. The second-order valence-corrected chi connectivity index (χ2v) is 2.38. The topological polar surface area (TPSA) is 47.6 Å². The molecule has 0 aliphatic heterocycles. The lowest BCUT2D eigenvalue weighted by atomic mass is 10.4. The molecule has 4 nitrogen and oxygen atoms in total. The number of hydrogen-bond acceptors (Lipinski definition) is 3. The van der Waals surface area contributed by atoms with Gasteiger partial charge in [-0.15, -0.1) is 0 Å². The Hall–Kier alpha value is -0.610. The van der Waals surface area contributed by atoms with Crippen LogP contribution in [0.15, 0.2) is 0 Å². The molecule has 0 aromatic rings. The van der Waals surface area contributed by atoms with E-state index in [2.05, 4.69) is 5.32 Å². The number of nitrogens with one attached hydrogen (secondary N) is 1. The van der Waals surface area contributed by atoms with Crippen LogP contribution in [-0.4, -0.2) is 39.9 Å². The van der Waals surface area contributed by atoms with Crippen LogP contribution in [-0.2, 0) is 14.3 Å². The maximum atomic E-state index is 10.7. The Morgan fingerprint density at radius 3 is 2.67 bits per heavy atom. The zero-order valence-corrected chi connectivity index (χ0v) is 7.76. The van der Waals surface area contributed by atoms with Gasteiger partial charge >= 0.3 is 0 Å². The third kappa shape index (κ3) is 7.50. The Kier molecular flexibility index (Phi) is 8.05. The van der Waals surface area contributed by atoms with Gasteiger partial charge in [-0.3, -0.25) is 4.79 Å². The summed E-state index contributed by atoms with van der Waals surface area (Å²) in [6.07, 6.45) is 1.31. The van der Waals surface area contributed by atoms with Crippen molar-refractivity contribution in [2.24, 2.45) is 0 Å². The van der Waals surface area contributed by atoms with Crippen molar-refractivity contribution in [3.8, 4) is 0 Å². The monoisotopic (exact) mass is 175 g/mol. The lowest BCUT2D eigenvalue weighted by Crippen LogP contribution is -2.19. The summed E-state index contributed by atoms with van der Waals surface area (Å²) in [4.78, 5) is 10.7. The number of carbonyl (C=O) groups is 1. The summed E-state index contributed by atoms with van der Waals surface area (Å²) in [5, 5.41) is 2.52. The van der Waals surface area contributed by atoms with Crippen molar-refractivity contribution in [1.29, 1.82) is 0 Å². The molecule has 12 heavy (non-hydrogen) atoms. The van der Waals surface area contributed by atoms with Crippen LogP contribution in [0.3, 0.4) is 0 Å². The van der Waals surface area contributed by atoms with E-state index in [0.29, 0.717) is 26.2 Å². The Balaban J connectivity index is 2.95. The second kappa shape index (κ2) is 8.49. The quantitative estimate of drug-likeness (QED) is 0.561. The van der Waals surface area contributed by atoms with Crippen LogP contribution in [0.2, 0.25) is 0 Å². The molecule has 0 bridgehead atoms. The van der Waals surface area contributed by atoms with Crippen molar-refractivity contribution in [1.82, 2.24) is 5.32 Å². The molecule has 0 aliphatic carbocycles. The molecule has 0 spiro atoms. The van der Waals surface area contributed by atoms with E-state index in [4.69, 9.17) is 9.47 Å².